The number of halogens is 1. The van der Waals surface area contributed by atoms with Crippen LogP contribution in [0.1, 0.15) is 18.1 Å². The van der Waals surface area contributed by atoms with E-state index in [1.54, 1.807) is 31.2 Å². The number of nitrogens with one attached hydrogen (secondary N) is 2. The summed E-state index contributed by atoms with van der Waals surface area (Å²) in [5.41, 5.74) is 0.164. The first-order chi connectivity index (χ1) is 11.3. The van der Waals surface area contributed by atoms with Gasteiger partial charge in [-0.3, -0.25) is 9.59 Å². The highest BCUT2D eigenvalue weighted by molar-refractivity contribution is 6.39. The normalized spacial score (nSPS) is 13.0. The van der Waals surface area contributed by atoms with Crippen LogP contribution in [0.15, 0.2) is 48.5 Å². The number of rotatable bonds is 4. The maximum atomic E-state index is 13.2. The van der Waals surface area contributed by atoms with Gasteiger partial charge in [0.25, 0.3) is 0 Å². The number of carbonyl (C=O) groups is 2. The first-order valence-corrected chi connectivity index (χ1v) is 7.43. The van der Waals surface area contributed by atoms with E-state index in [1.807, 2.05) is 6.07 Å². The highest BCUT2D eigenvalue weighted by atomic mass is 19.1. The SMILES string of the molecule is Cc1ccc(F)cc1NC(=O)C(=O)NCC(C)(O)c1ccccc1. The molecular formula is C18H19FN2O3. The predicted molar refractivity (Wildman–Crippen MR) is 88.8 cm³/mol. The van der Waals surface area contributed by atoms with Crippen LogP contribution in [0.5, 0.6) is 0 Å². The highest BCUT2D eigenvalue weighted by Crippen LogP contribution is 2.19. The molecule has 0 radical (unpaired) electrons. The van der Waals surface area contributed by atoms with E-state index in [0.717, 1.165) is 6.07 Å². The Balaban J connectivity index is 1.97. The third-order valence-electron chi connectivity index (χ3n) is 3.64. The summed E-state index contributed by atoms with van der Waals surface area (Å²) in [6, 6.07) is 12.7. The molecule has 24 heavy (non-hydrogen) atoms. The summed E-state index contributed by atoms with van der Waals surface area (Å²) >= 11 is 0. The second-order valence-corrected chi connectivity index (χ2v) is 5.74. The molecule has 0 bridgehead atoms. The van der Waals surface area contributed by atoms with Crippen molar-refractivity contribution >= 4 is 17.5 Å². The van der Waals surface area contributed by atoms with Crippen LogP contribution in [0.2, 0.25) is 0 Å². The Labute approximate surface area is 139 Å². The van der Waals surface area contributed by atoms with Gasteiger partial charge in [-0.15, -0.1) is 0 Å². The summed E-state index contributed by atoms with van der Waals surface area (Å²) in [6.45, 7) is 3.09. The van der Waals surface area contributed by atoms with Crippen LogP contribution in [0.3, 0.4) is 0 Å². The minimum atomic E-state index is -1.31. The number of aliphatic hydroxyl groups is 1. The van der Waals surface area contributed by atoms with Gasteiger partial charge in [0.2, 0.25) is 0 Å². The molecule has 1 atom stereocenters. The predicted octanol–water partition coefficient (Wildman–Crippen LogP) is 2.10. The van der Waals surface area contributed by atoms with Gasteiger partial charge in [-0.1, -0.05) is 36.4 Å². The Morgan fingerprint density at radius 2 is 1.79 bits per heavy atom. The van der Waals surface area contributed by atoms with Gasteiger partial charge >= 0.3 is 11.8 Å². The van der Waals surface area contributed by atoms with E-state index in [1.165, 1.54) is 19.1 Å². The quantitative estimate of drug-likeness (QED) is 0.751. The molecule has 2 aromatic carbocycles. The highest BCUT2D eigenvalue weighted by Gasteiger charge is 2.25. The second-order valence-electron chi connectivity index (χ2n) is 5.74. The van der Waals surface area contributed by atoms with Crippen LogP contribution in [-0.2, 0) is 15.2 Å². The smallest absolute Gasteiger partial charge is 0.313 e. The summed E-state index contributed by atoms with van der Waals surface area (Å²) in [5, 5.41) is 15.1. The summed E-state index contributed by atoms with van der Waals surface area (Å²) in [4.78, 5) is 23.8. The van der Waals surface area contributed by atoms with Crippen LogP contribution in [0.25, 0.3) is 0 Å². The molecule has 0 saturated carbocycles. The molecule has 0 heterocycles. The fourth-order valence-electron chi connectivity index (χ4n) is 2.14. The summed E-state index contributed by atoms with van der Waals surface area (Å²) in [6.07, 6.45) is 0. The van der Waals surface area contributed by atoms with Gasteiger partial charge in [-0.2, -0.15) is 0 Å². The molecule has 0 aromatic heterocycles. The molecule has 0 saturated heterocycles. The zero-order valence-electron chi connectivity index (χ0n) is 13.5. The lowest BCUT2D eigenvalue weighted by atomic mass is 9.96. The van der Waals surface area contributed by atoms with Crippen molar-refractivity contribution in [3.05, 3.63) is 65.5 Å². The summed E-state index contributed by atoms with van der Waals surface area (Å²) in [7, 11) is 0. The molecule has 2 amide bonds. The first kappa shape index (κ1) is 17.6. The Morgan fingerprint density at radius 3 is 2.46 bits per heavy atom. The molecule has 0 fully saturated rings. The maximum absolute atomic E-state index is 13.2. The number of aryl methyl sites for hydroxylation is 1. The van der Waals surface area contributed by atoms with Gasteiger partial charge in [0.15, 0.2) is 0 Å². The number of hydrogen-bond acceptors (Lipinski definition) is 3. The maximum Gasteiger partial charge on any atom is 0.313 e. The van der Waals surface area contributed by atoms with Crippen LogP contribution in [0, 0.1) is 12.7 Å². The van der Waals surface area contributed by atoms with Crippen molar-refractivity contribution in [3.63, 3.8) is 0 Å². The van der Waals surface area contributed by atoms with Gasteiger partial charge in [0, 0.05) is 5.69 Å². The second kappa shape index (κ2) is 7.23. The zero-order valence-corrected chi connectivity index (χ0v) is 13.5. The fraction of sp³-hybridized carbons (Fsp3) is 0.222. The lowest BCUT2D eigenvalue weighted by Crippen LogP contribution is -2.43. The standard InChI is InChI=1S/C18H19FN2O3/c1-12-8-9-14(19)10-15(12)21-17(23)16(22)20-11-18(2,24)13-6-4-3-5-7-13/h3-10,24H,11H2,1-2H3,(H,20,22)(H,21,23). The monoisotopic (exact) mass is 330 g/mol. The minimum Gasteiger partial charge on any atom is -0.384 e. The molecule has 0 spiro atoms. The van der Waals surface area contributed by atoms with Gasteiger partial charge in [-0.05, 0) is 37.1 Å². The number of hydrogen-bond donors (Lipinski definition) is 3. The molecule has 126 valence electrons. The molecule has 6 heteroatoms. The summed E-state index contributed by atoms with van der Waals surface area (Å²) < 4.78 is 13.2. The van der Waals surface area contributed by atoms with Gasteiger partial charge in [0.05, 0.1) is 6.54 Å². The molecule has 2 rings (SSSR count). The van der Waals surface area contributed by atoms with E-state index < -0.39 is 23.2 Å². The third kappa shape index (κ3) is 4.39. The largest absolute Gasteiger partial charge is 0.384 e. The van der Waals surface area contributed by atoms with E-state index in [2.05, 4.69) is 10.6 Å². The minimum absolute atomic E-state index is 0.134. The van der Waals surface area contributed by atoms with Crippen molar-refractivity contribution in [2.24, 2.45) is 0 Å². The van der Waals surface area contributed by atoms with E-state index in [0.29, 0.717) is 11.1 Å². The Morgan fingerprint density at radius 1 is 1.12 bits per heavy atom. The fourth-order valence-corrected chi connectivity index (χ4v) is 2.14. The lowest BCUT2D eigenvalue weighted by Gasteiger charge is -2.24. The number of benzene rings is 2. The van der Waals surface area contributed by atoms with Crippen LogP contribution in [-0.4, -0.2) is 23.5 Å². The van der Waals surface area contributed by atoms with Gasteiger partial charge < -0.3 is 15.7 Å². The van der Waals surface area contributed by atoms with Crippen molar-refractivity contribution < 1.29 is 19.1 Å². The molecular weight excluding hydrogens is 311 g/mol. The Kier molecular flexibility index (Phi) is 5.31. The first-order valence-electron chi connectivity index (χ1n) is 7.43. The van der Waals surface area contributed by atoms with E-state index in [9.17, 15) is 19.1 Å². The number of amides is 2. The zero-order chi connectivity index (χ0) is 17.7. The van der Waals surface area contributed by atoms with Crippen molar-refractivity contribution in [2.75, 3.05) is 11.9 Å². The number of carbonyl (C=O) groups excluding carboxylic acids is 2. The average molecular weight is 330 g/mol. The molecule has 0 aliphatic rings. The summed E-state index contributed by atoms with van der Waals surface area (Å²) in [5.74, 6) is -2.34. The Hall–Kier alpha value is -2.73. The molecule has 3 N–H and O–H groups in total. The molecule has 5 nitrogen and oxygen atoms in total. The number of anilines is 1. The van der Waals surface area contributed by atoms with E-state index in [4.69, 9.17) is 0 Å². The van der Waals surface area contributed by atoms with Crippen LogP contribution >= 0.6 is 0 Å². The van der Waals surface area contributed by atoms with Crippen molar-refractivity contribution in [2.45, 2.75) is 19.4 Å². The van der Waals surface area contributed by atoms with Crippen LogP contribution < -0.4 is 10.6 Å². The van der Waals surface area contributed by atoms with Crippen LogP contribution in [0.4, 0.5) is 10.1 Å². The van der Waals surface area contributed by atoms with E-state index >= 15 is 0 Å². The molecule has 0 aliphatic carbocycles. The molecule has 2 aromatic rings. The lowest BCUT2D eigenvalue weighted by molar-refractivity contribution is -0.136. The van der Waals surface area contributed by atoms with Crippen molar-refractivity contribution in [1.29, 1.82) is 0 Å². The van der Waals surface area contributed by atoms with Gasteiger partial charge in [0.1, 0.15) is 11.4 Å². The molecule has 0 aliphatic heterocycles. The van der Waals surface area contributed by atoms with E-state index in [-0.39, 0.29) is 12.2 Å². The van der Waals surface area contributed by atoms with Gasteiger partial charge in [-0.25, -0.2) is 4.39 Å². The Bertz CT molecular complexity index is 745. The average Bonchev–Trinajstić information content (AvgIpc) is 2.56. The molecule has 1 unspecified atom stereocenters. The third-order valence-corrected chi connectivity index (χ3v) is 3.64. The topological polar surface area (TPSA) is 78.4 Å². The van der Waals surface area contributed by atoms with Crippen molar-refractivity contribution in [1.82, 2.24) is 5.32 Å². The van der Waals surface area contributed by atoms with Crippen molar-refractivity contribution in [3.8, 4) is 0 Å².